The second kappa shape index (κ2) is 10.2. The van der Waals surface area contributed by atoms with E-state index in [0.29, 0.717) is 25.3 Å². The number of hydrogen-bond donors (Lipinski definition) is 2. The lowest BCUT2D eigenvalue weighted by atomic mass is 10.0. The van der Waals surface area contributed by atoms with Gasteiger partial charge in [-0.1, -0.05) is 24.3 Å². The van der Waals surface area contributed by atoms with Gasteiger partial charge in [-0.2, -0.15) is 0 Å². The van der Waals surface area contributed by atoms with Gasteiger partial charge in [-0.25, -0.2) is 17.2 Å². The summed E-state index contributed by atoms with van der Waals surface area (Å²) in [6.07, 6.45) is 2.10. The van der Waals surface area contributed by atoms with Crippen molar-refractivity contribution in [2.45, 2.75) is 12.5 Å². The van der Waals surface area contributed by atoms with Crippen LogP contribution in [0.2, 0.25) is 0 Å². The second-order valence-corrected chi connectivity index (χ2v) is 10.1. The van der Waals surface area contributed by atoms with Crippen molar-refractivity contribution in [3.63, 3.8) is 0 Å². The van der Waals surface area contributed by atoms with E-state index in [1.807, 2.05) is 0 Å². The highest BCUT2D eigenvalue weighted by molar-refractivity contribution is 9.10. The molecule has 0 saturated heterocycles. The third kappa shape index (κ3) is 5.72. The van der Waals surface area contributed by atoms with E-state index in [0.717, 1.165) is 6.26 Å². The van der Waals surface area contributed by atoms with E-state index in [1.54, 1.807) is 36.4 Å². The number of hydrogen-bond acceptors (Lipinski definition) is 6. The summed E-state index contributed by atoms with van der Waals surface area (Å²) in [6, 6.07) is 13.0. The van der Waals surface area contributed by atoms with Crippen LogP contribution in [0.1, 0.15) is 15.9 Å². The van der Waals surface area contributed by atoms with Gasteiger partial charge in [-0.15, -0.1) is 0 Å². The van der Waals surface area contributed by atoms with E-state index < -0.39 is 33.5 Å². The fraction of sp³-hybridized carbons (Fsp3) is 0.174. The monoisotopic (exact) mass is 548 g/mol. The maximum atomic E-state index is 12.7. The maximum Gasteiger partial charge on any atom is 0.326 e. The Morgan fingerprint density at radius 3 is 2.41 bits per heavy atom. The maximum absolute atomic E-state index is 12.7. The van der Waals surface area contributed by atoms with Crippen molar-refractivity contribution in [2.75, 3.05) is 13.4 Å². The minimum absolute atomic E-state index is 0.00863. The zero-order valence-electron chi connectivity index (χ0n) is 18.2. The Labute approximate surface area is 204 Å². The second-order valence-electron chi connectivity index (χ2n) is 7.40. The fourth-order valence-electron chi connectivity index (χ4n) is 3.25. The number of halogens is 1. The molecule has 1 atom stereocenters. The molecule has 11 heteroatoms. The molecule has 0 unspecified atom stereocenters. The Hall–Kier alpha value is -3.44. The molecule has 0 spiro atoms. The fourth-order valence-corrected chi connectivity index (χ4v) is 4.37. The minimum atomic E-state index is -3.75. The van der Waals surface area contributed by atoms with Crippen molar-refractivity contribution in [1.29, 1.82) is 0 Å². The van der Waals surface area contributed by atoms with Crippen LogP contribution in [-0.2, 0) is 21.2 Å². The third-order valence-electron chi connectivity index (χ3n) is 5.00. The molecule has 2 aromatic carbocycles. The number of amides is 1. The zero-order chi connectivity index (χ0) is 25.0. The molecule has 3 rings (SSSR count). The molecule has 9 nitrogen and oxygen atoms in total. The van der Waals surface area contributed by atoms with Gasteiger partial charge in [0.05, 0.1) is 18.9 Å². The molecule has 1 amide bonds. The van der Waals surface area contributed by atoms with Crippen LogP contribution in [-0.4, -0.2) is 48.8 Å². The Morgan fingerprint density at radius 2 is 1.82 bits per heavy atom. The molecule has 34 heavy (non-hydrogen) atoms. The third-order valence-corrected chi connectivity index (χ3v) is 6.69. The van der Waals surface area contributed by atoms with E-state index in [4.69, 9.17) is 4.74 Å². The average Bonchev–Trinajstić information content (AvgIpc) is 2.78. The van der Waals surface area contributed by atoms with Gasteiger partial charge in [-0.05, 0) is 57.4 Å². The molecule has 1 heterocycles. The van der Waals surface area contributed by atoms with Gasteiger partial charge >= 0.3 is 5.97 Å². The van der Waals surface area contributed by atoms with E-state index >= 15 is 0 Å². The van der Waals surface area contributed by atoms with Crippen molar-refractivity contribution in [1.82, 2.24) is 9.29 Å². The molecule has 0 radical (unpaired) electrons. The summed E-state index contributed by atoms with van der Waals surface area (Å²) in [5, 5.41) is 12.1. The highest BCUT2D eigenvalue weighted by Crippen LogP contribution is 2.23. The smallest absolute Gasteiger partial charge is 0.326 e. The van der Waals surface area contributed by atoms with Crippen molar-refractivity contribution < 1.29 is 27.9 Å². The number of carboxylic acid groups (broad SMARTS) is 1. The number of carbonyl (C=O) groups is 2. The minimum Gasteiger partial charge on any atom is -0.497 e. The molecule has 178 valence electrons. The molecule has 0 aliphatic heterocycles. The summed E-state index contributed by atoms with van der Waals surface area (Å²) in [5.41, 5.74) is 0.804. The normalized spacial score (nSPS) is 12.1. The van der Waals surface area contributed by atoms with Gasteiger partial charge < -0.3 is 15.2 Å². The summed E-state index contributed by atoms with van der Waals surface area (Å²) in [7, 11) is -2.29. The number of carbonyl (C=O) groups excluding carboxylic acids is 1. The first-order chi connectivity index (χ1) is 16.0. The SMILES string of the molecule is COc1ccc(Br)c(C(=O)N[C@@H](Cc2ccc(-c3cccn(S(C)(=O)=O)c3=O)cc2)C(=O)O)c1. The standard InChI is InChI=1S/C23H21BrN2O7S/c1-33-16-9-10-19(24)18(13-16)21(27)25-20(23(29)30)12-14-5-7-15(8-6-14)17-4-3-11-26(22(17)28)34(2,31)32/h3-11,13,20H,12H2,1-2H3,(H,25,27)(H,29,30)/t20-/m0/s1. The molecule has 1 aromatic heterocycles. The number of aromatic nitrogens is 1. The number of nitrogens with zero attached hydrogens (tertiary/aromatic N) is 1. The number of benzene rings is 2. The summed E-state index contributed by atoms with van der Waals surface area (Å²) in [6.45, 7) is 0. The Balaban J connectivity index is 1.81. The van der Waals surface area contributed by atoms with Crippen LogP contribution in [0.3, 0.4) is 0 Å². The zero-order valence-corrected chi connectivity index (χ0v) is 20.6. The number of nitrogens with one attached hydrogen (secondary N) is 1. The van der Waals surface area contributed by atoms with Gasteiger partial charge in [0.15, 0.2) is 0 Å². The predicted molar refractivity (Wildman–Crippen MR) is 130 cm³/mol. The summed E-state index contributed by atoms with van der Waals surface area (Å²) in [5.74, 6) is -1.34. The van der Waals surface area contributed by atoms with Crippen molar-refractivity contribution >= 4 is 37.8 Å². The van der Waals surface area contributed by atoms with Crippen molar-refractivity contribution in [3.05, 3.63) is 86.7 Å². The number of pyridine rings is 1. The first-order valence-electron chi connectivity index (χ1n) is 9.90. The van der Waals surface area contributed by atoms with Crippen molar-refractivity contribution in [2.24, 2.45) is 0 Å². The molecule has 2 N–H and O–H groups in total. The number of rotatable bonds is 8. The molecule has 0 aliphatic rings. The highest BCUT2D eigenvalue weighted by Gasteiger charge is 2.23. The van der Waals surface area contributed by atoms with Crippen LogP contribution < -0.4 is 15.6 Å². The average molecular weight is 549 g/mol. The lowest BCUT2D eigenvalue weighted by molar-refractivity contribution is -0.139. The molecule has 0 bridgehead atoms. The molecule has 0 aliphatic carbocycles. The highest BCUT2D eigenvalue weighted by atomic mass is 79.9. The van der Waals surface area contributed by atoms with Gasteiger partial charge in [-0.3, -0.25) is 9.59 Å². The van der Waals surface area contributed by atoms with Crippen LogP contribution in [0.5, 0.6) is 5.75 Å². The van der Waals surface area contributed by atoms with Gasteiger partial charge in [0.2, 0.25) is 10.0 Å². The Bertz CT molecular complexity index is 1400. The van der Waals surface area contributed by atoms with Crippen LogP contribution in [0.15, 0.2) is 70.1 Å². The van der Waals surface area contributed by atoms with Crippen LogP contribution in [0.25, 0.3) is 11.1 Å². The molecular weight excluding hydrogens is 528 g/mol. The first kappa shape index (κ1) is 25.2. The summed E-state index contributed by atoms with van der Waals surface area (Å²) >= 11 is 3.28. The van der Waals surface area contributed by atoms with Gasteiger partial charge in [0, 0.05) is 22.7 Å². The van der Waals surface area contributed by atoms with Gasteiger partial charge in [0.25, 0.3) is 11.5 Å². The number of carboxylic acids is 1. The number of methoxy groups -OCH3 is 1. The molecule has 3 aromatic rings. The van der Waals surface area contributed by atoms with Crippen LogP contribution in [0, 0.1) is 0 Å². The summed E-state index contributed by atoms with van der Waals surface area (Å²) in [4.78, 5) is 37.0. The molecular formula is C23H21BrN2O7S. The Kier molecular flexibility index (Phi) is 7.57. The lowest BCUT2D eigenvalue weighted by Crippen LogP contribution is -2.42. The van der Waals surface area contributed by atoms with E-state index in [9.17, 15) is 27.9 Å². The van der Waals surface area contributed by atoms with E-state index in [1.165, 1.54) is 31.5 Å². The number of ether oxygens (including phenoxy) is 1. The lowest BCUT2D eigenvalue weighted by Gasteiger charge is -2.16. The largest absolute Gasteiger partial charge is 0.497 e. The topological polar surface area (TPSA) is 132 Å². The summed E-state index contributed by atoms with van der Waals surface area (Å²) < 4.78 is 29.8. The van der Waals surface area contributed by atoms with Crippen LogP contribution in [0.4, 0.5) is 0 Å². The predicted octanol–water partition coefficient (Wildman–Crippen LogP) is 2.52. The number of aliphatic carboxylic acids is 1. The molecule has 0 fully saturated rings. The van der Waals surface area contributed by atoms with E-state index in [-0.39, 0.29) is 17.5 Å². The van der Waals surface area contributed by atoms with Crippen molar-refractivity contribution in [3.8, 4) is 16.9 Å². The quantitative estimate of drug-likeness (QED) is 0.442. The van der Waals surface area contributed by atoms with Gasteiger partial charge in [0.1, 0.15) is 11.8 Å². The molecule has 0 saturated carbocycles. The van der Waals surface area contributed by atoms with Crippen LogP contribution >= 0.6 is 15.9 Å². The Morgan fingerprint density at radius 1 is 1.15 bits per heavy atom. The van der Waals surface area contributed by atoms with E-state index in [2.05, 4.69) is 21.2 Å². The first-order valence-corrected chi connectivity index (χ1v) is 12.5.